The summed E-state index contributed by atoms with van der Waals surface area (Å²) in [6.07, 6.45) is 4.96. The van der Waals surface area contributed by atoms with Crippen molar-refractivity contribution in [3.8, 4) is 0 Å². The summed E-state index contributed by atoms with van der Waals surface area (Å²) in [6.45, 7) is 3.41. The molecule has 0 spiro atoms. The first-order chi connectivity index (χ1) is 11.6. The van der Waals surface area contributed by atoms with Crippen LogP contribution in [0.2, 0.25) is 4.34 Å². The number of hydrogen-bond donors (Lipinski definition) is 1. The molecule has 1 aliphatic heterocycles. The molecule has 0 radical (unpaired) electrons. The van der Waals surface area contributed by atoms with E-state index in [9.17, 15) is 4.79 Å². The second kappa shape index (κ2) is 6.37. The number of thiophene rings is 1. The summed E-state index contributed by atoms with van der Waals surface area (Å²) in [4.78, 5) is 14.4. The highest BCUT2D eigenvalue weighted by atomic mass is 35.5. The van der Waals surface area contributed by atoms with Crippen LogP contribution in [0.15, 0.2) is 11.4 Å². The van der Waals surface area contributed by atoms with Gasteiger partial charge in [-0.3, -0.25) is 0 Å². The Kier molecular flexibility index (Phi) is 4.22. The minimum Gasteiger partial charge on any atom is -0.313 e. The van der Waals surface area contributed by atoms with Crippen molar-refractivity contribution >= 4 is 34.7 Å². The van der Waals surface area contributed by atoms with Gasteiger partial charge in [0, 0.05) is 19.0 Å². The molecule has 128 valence electrons. The van der Waals surface area contributed by atoms with Crippen molar-refractivity contribution in [3.63, 3.8) is 0 Å². The summed E-state index contributed by atoms with van der Waals surface area (Å²) >= 11 is 7.48. The largest absolute Gasteiger partial charge is 0.322 e. The van der Waals surface area contributed by atoms with Gasteiger partial charge in [0.2, 0.25) is 0 Å². The quantitative estimate of drug-likeness (QED) is 0.864. The third-order valence-electron chi connectivity index (χ3n) is 5.05. The van der Waals surface area contributed by atoms with E-state index in [0.29, 0.717) is 22.5 Å². The molecule has 2 aromatic rings. The van der Waals surface area contributed by atoms with E-state index in [1.54, 1.807) is 4.90 Å². The van der Waals surface area contributed by atoms with Gasteiger partial charge in [0.1, 0.15) is 10.2 Å². The number of fused-ring (bicyclic) bond motifs is 1. The number of hydrogen-bond acceptors (Lipinski definition) is 4. The molecule has 1 N–H and O–H groups in total. The Labute approximate surface area is 149 Å². The van der Waals surface area contributed by atoms with Crippen LogP contribution in [0.3, 0.4) is 0 Å². The lowest BCUT2D eigenvalue weighted by Crippen LogP contribution is -2.43. The van der Waals surface area contributed by atoms with Crippen LogP contribution in [0.1, 0.15) is 56.2 Å². The van der Waals surface area contributed by atoms with Crippen molar-refractivity contribution < 1.29 is 4.79 Å². The zero-order chi connectivity index (χ0) is 16.7. The molecule has 0 bridgehead atoms. The fraction of sp³-hybridized carbons (Fsp3) is 0.562. The number of carbonyl (C=O) groups is 1. The Hall–Kier alpha value is -1.60. The normalized spacial score (nSPS) is 21.1. The van der Waals surface area contributed by atoms with Gasteiger partial charge in [-0.05, 0) is 31.2 Å². The average molecular weight is 366 g/mol. The van der Waals surface area contributed by atoms with E-state index >= 15 is 0 Å². The predicted molar refractivity (Wildman–Crippen MR) is 94.7 cm³/mol. The van der Waals surface area contributed by atoms with Crippen LogP contribution in [0, 0.1) is 0 Å². The number of nitrogens with zero attached hydrogens (tertiary/aromatic N) is 4. The average Bonchev–Trinajstić information content (AvgIpc) is 3.28. The van der Waals surface area contributed by atoms with Gasteiger partial charge >= 0.3 is 6.03 Å². The fourth-order valence-corrected chi connectivity index (χ4v) is 4.57. The maximum absolute atomic E-state index is 12.6. The van der Waals surface area contributed by atoms with Crippen molar-refractivity contribution in [1.82, 2.24) is 19.7 Å². The number of amides is 2. The number of halogens is 1. The van der Waals surface area contributed by atoms with Crippen molar-refractivity contribution in [3.05, 3.63) is 27.4 Å². The molecule has 1 aliphatic carbocycles. The molecule has 1 unspecified atom stereocenters. The van der Waals surface area contributed by atoms with Crippen LogP contribution < -0.4 is 5.32 Å². The van der Waals surface area contributed by atoms with Crippen LogP contribution in [0.4, 0.5) is 10.5 Å². The third kappa shape index (κ3) is 2.69. The fourth-order valence-electron chi connectivity index (χ4n) is 3.74. The topological polar surface area (TPSA) is 63.1 Å². The summed E-state index contributed by atoms with van der Waals surface area (Å²) in [5, 5.41) is 13.6. The van der Waals surface area contributed by atoms with Gasteiger partial charge in [-0.1, -0.05) is 24.4 Å². The Morgan fingerprint density at radius 3 is 2.75 bits per heavy atom. The van der Waals surface area contributed by atoms with Crippen LogP contribution in [0.25, 0.3) is 0 Å². The maximum atomic E-state index is 12.6. The second-order valence-electron chi connectivity index (χ2n) is 6.46. The van der Waals surface area contributed by atoms with Crippen molar-refractivity contribution in [1.29, 1.82) is 0 Å². The number of aromatic nitrogens is 3. The maximum Gasteiger partial charge on any atom is 0.322 e. The Morgan fingerprint density at radius 2 is 2.04 bits per heavy atom. The molecule has 4 rings (SSSR count). The molecule has 2 aliphatic rings. The Morgan fingerprint density at radius 1 is 1.29 bits per heavy atom. The van der Waals surface area contributed by atoms with Crippen LogP contribution in [0.5, 0.6) is 0 Å². The first-order valence-electron chi connectivity index (χ1n) is 8.38. The number of carbonyl (C=O) groups excluding carboxylic acids is 1. The molecule has 24 heavy (non-hydrogen) atoms. The predicted octanol–water partition coefficient (Wildman–Crippen LogP) is 4.26. The summed E-state index contributed by atoms with van der Waals surface area (Å²) in [5.41, 5.74) is 0.664. The minimum atomic E-state index is -0.139. The molecule has 8 heteroatoms. The van der Waals surface area contributed by atoms with Crippen LogP contribution in [-0.4, -0.2) is 32.2 Å². The number of urea groups is 1. The molecule has 1 atom stereocenters. The molecular formula is C16H20ClN5OS. The van der Waals surface area contributed by atoms with Gasteiger partial charge in [-0.25, -0.2) is 4.79 Å². The molecule has 2 aromatic heterocycles. The number of anilines is 1. The zero-order valence-electron chi connectivity index (χ0n) is 13.5. The molecule has 0 aromatic carbocycles. The summed E-state index contributed by atoms with van der Waals surface area (Å²) in [7, 11) is 0. The van der Waals surface area contributed by atoms with E-state index in [2.05, 4.69) is 20.1 Å². The third-order valence-corrected chi connectivity index (χ3v) is 6.22. The lowest BCUT2D eigenvalue weighted by Gasteiger charge is -2.34. The molecule has 6 nitrogen and oxygen atoms in total. The van der Waals surface area contributed by atoms with Gasteiger partial charge in [-0.2, -0.15) is 0 Å². The summed E-state index contributed by atoms with van der Waals surface area (Å²) in [5.74, 6) is 2.52. The van der Waals surface area contributed by atoms with E-state index in [1.165, 1.54) is 37.0 Å². The van der Waals surface area contributed by atoms with Gasteiger partial charge in [0.25, 0.3) is 0 Å². The Balaban J connectivity index is 1.52. The van der Waals surface area contributed by atoms with Crippen molar-refractivity contribution in [2.24, 2.45) is 0 Å². The van der Waals surface area contributed by atoms with Crippen molar-refractivity contribution in [2.45, 2.75) is 51.1 Å². The SMILES string of the molecule is CC1c2nnc(C3CCCC3)n2CCN1C(=O)Nc1ccsc1Cl. The van der Waals surface area contributed by atoms with E-state index in [4.69, 9.17) is 11.6 Å². The van der Waals surface area contributed by atoms with Crippen LogP contribution >= 0.6 is 22.9 Å². The first kappa shape index (κ1) is 15.9. The highest BCUT2D eigenvalue weighted by Crippen LogP contribution is 2.36. The molecule has 3 heterocycles. The molecule has 0 saturated heterocycles. The van der Waals surface area contributed by atoms with Crippen molar-refractivity contribution in [2.75, 3.05) is 11.9 Å². The highest BCUT2D eigenvalue weighted by molar-refractivity contribution is 7.15. The van der Waals surface area contributed by atoms with E-state index < -0.39 is 0 Å². The minimum absolute atomic E-state index is 0.0983. The molecule has 2 amide bonds. The summed E-state index contributed by atoms with van der Waals surface area (Å²) < 4.78 is 2.82. The van der Waals surface area contributed by atoms with Gasteiger partial charge < -0.3 is 14.8 Å². The zero-order valence-corrected chi connectivity index (χ0v) is 15.1. The van der Waals surface area contributed by atoms with E-state index in [1.807, 2.05) is 18.4 Å². The second-order valence-corrected chi connectivity index (χ2v) is 7.98. The number of rotatable bonds is 2. The first-order valence-corrected chi connectivity index (χ1v) is 9.64. The lowest BCUT2D eigenvalue weighted by molar-refractivity contribution is 0.171. The molecule has 1 saturated carbocycles. The van der Waals surface area contributed by atoms with Gasteiger partial charge in [0.05, 0.1) is 11.7 Å². The van der Waals surface area contributed by atoms with Crippen LogP contribution in [-0.2, 0) is 6.54 Å². The van der Waals surface area contributed by atoms with Gasteiger partial charge in [0.15, 0.2) is 5.82 Å². The standard InChI is InChI=1S/C16H20ClN5OS/c1-10-14-19-20-15(11-4-2-3-5-11)22(14)8-7-21(10)16(23)18-12-6-9-24-13(12)17/h6,9-11H,2-5,7-8H2,1H3,(H,18,23). The molecule has 1 fully saturated rings. The monoisotopic (exact) mass is 365 g/mol. The van der Waals surface area contributed by atoms with E-state index in [0.717, 1.165) is 18.2 Å². The van der Waals surface area contributed by atoms with Gasteiger partial charge in [-0.15, -0.1) is 21.5 Å². The number of nitrogens with one attached hydrogen (secondary N) is 1. The summed E-state index contributed by atoms with van der Waals surface area (Å²) in [6, 6.07) is 1.58. The Bertz CT molecular complexity index is 751. The highest BCUT2D eigenvalue weighted by Gasteiger charge is 2.33. The molecular weight excluding hydrogens is 346 g/mol. The smallest absolute Gasteiger partial charge is 0.313 e. The lowest BCUT2D eigenvalue weighted by atomic mass is 10.1. The van der Waals surface area contributed by atoms with E-state index in [-0.39, 0.29) is 12.1 Å².